The molecule has 1 aromatic heterocycles. The molecular weight excluding hydrogens is 314 g/mol. The molecule has 106 valence electrons. The van der Waals surface area contributed by atoms with Gasteiger partial charge in [-0.15, -0.1) is 0 Å². The smallest absolute Gasteiger partial charge is 0.0641 e. The van der Waals surface area contributed by atoms with E-state index in [1.165, 1.54) is 33.3 Å². The topological polar surface area (TPSA) is 29.9 Å². The molecule has 0 saturated carbocycles. The van der Waals surface area contributed by atoms with E-state index in [1.54, 1.807) is 0 Å². The molecule has 1 heterocycles. The largest absolute Gasteiger partial charge is 0.306 e. The van der Waals surface area contributed by atoms with Crippen molar-refractivity contribution < 1.29 is 0 Å². The molecule has 0 amide bonds. The Kier molecular flexibility index (Phi) is 3.69. The van der Waals surface area contributed by atoms with Crippen LogP contribution in [0.15, 0.2) is 22.7 Å². The molecule has 1 aromatic carbocycles. The number of halogens is 1. The summed E-state index contributed by atoms with van der Waals surface area (Å²) in [6.45, 7) is 5.12. The Morgan fingerprint density at radius 1 is 1.40 bits per heavy atom. The lowest BCUT2D eigenvalue weighted by molar-refractivity contribution is 0.528. The maximum Gasteiger partial charge on any atom is 0.0641 e. The molecule has 1 aliphatic carbocycles. The van der Waals surface area contributed by atoms with Gasteiger partial charge in [-0.25, -0.2) is 0 Å². The summed E-state index contributed by atoms with van der Waals surface area (Å²) in [7, 11) is 2.01. The Balaban J connectivity index is 1.75. The van der Waals surface area contributed by atoms with Crippen molar-refractivity contribution in [3.05, 3.63) is 50.8 Å². The van der Waals surface area contributed by atoms with Crippen LogP contribution in [0, 0.1) is 13.8 Å². The van der Waals surface area contributed by atoms with Gasteiger partial charge in [-0.1, -0.05) is 22.0 Å². The highest BCUT2D eigenvalue weighted by Gasteiger charge is 2.22. The third-order valence-corrected chi connectivity index (χ3v) is 4.86. The molecule has 2 aromatic rings. The van der Waals surface area contributed by atoms with Crippen LogP contribution in [-0.4, -0.2) is 9.78 Å². The van der Waals surface area contributed by atoms with Gasteiger partial charge in [0.25, 0.3) is 0 Å². The SMILES string of the molecule is Cc1nn(C)c(C)c1CNC1CCc2cc(Br)ccc21. The molecule has 3 rings (SSSR count). The molecule has 1 unspecified atom stereocenters. The summed E-state index contributed by atoms with van der Waals surface area (Å²) in [6.07, 6.45) is 2.35. The van der Waals surface area contributed by atoms with Crippen molar-refractivity contribution >= 4 is 15.9 Å². The van der Waals surface area contributed by atoms with Gasteiger partial charge in [-0.05, 0) is 49.9 Å². The minimum absolute atomic E-state index is 0.470. The van der Waals surface area contributed by atoms with Crippen molar-refractivity contribution in [1.29, 1.82) is 0 Å². The van der Waals surface area contributed by atoms with Crippen LogP contribution < -0.4 is 5.32 Å². The number of nitrogens with one attached hydrogen (secondary N) is 1. The molecule has 3 nitrogen and oxygen atoms in total. The number of nitrogens with zero attached hydrogens (tertiary/aromatic N) is 2. The van der Waals surface area contributed by atoms with E-state index in [4.69, 9.17) is 0 Å². The highest BCUT2D eigenvalue weighted by Crippen LogP contribution is 2.33. The number of rotatable bonds is 3. The molecule has 4 heteroatoms. The summed E-state index contributed by atoms with van der Waals surface area (Å²) < 4.78 is 3.14. The maximum atomic E-state index is 4.48. The summed E-state index contributed by atoms with van der Waals surface area (Å²) in [5, 5.41) is 8.18. The molecule has 20 heavy (non-hydrogen) atoms. The number of hydrogen-bond donors (Lipinski definition) is 1. The zero-order valence-corrected chi connectivity index (χ0v) is 13.8. The standard InChI is InChI=1S/C16H20BrN3/c1-10-15(11(2)20(3)19-10)9-18-16-7-4-12-8-13(17)5-6-14(12)16/h5-6,8,16,18H,4,7,9H2,1-3H3. The lowest BCUT2D eigenvalue weighted by atomic mass is 10.1. The zero-order valence-electron chi connectivity index (χ0n) is 12.2. The third kappa shape index (κ3) is 2.42. The first kappa shape index (κ1) is 13.8. The maximum absolute atomic E-state index is 4.48. The minimum atomic E-state index is 0.470. The second-order valence-corrected chi connectivity index (χ2v) is 6.50. The second-order valence-electron chi connectivity index (χ2n) is 5.59. The number of hydrogen-bond acceptors (Lipinski definition) is 2. The predicted molar refractivity (Wildman–Crippen MR) is 84.7 cm³/mol. The van der Waals surface area contributed by atoms with E-state index < -0.39 is 0 Å². The first-order valence-corrected chi connectivity index (χ1v) is 7.86. The number of aryl methyl sites for hydroxylation is 3. The van der Waals surface area contributed by atoms with E-state index in [-0.39, 0.29) is 0 Å². The Hall–Kier alpha value is -1.13. The minimum Gasteiger partial charge on any atom is -0.306 e. The molecule has 0 saturated heterocycles. The monoisotopic (exact) mass is 333 g/mol. The van der Waals surface area contributed by atoms with Crippen molar-refractivity contribution in [1.82, 2.24) is 15.1 Å². The third-order valence-electron chi connectivity index (χ3n) is 4.37. The average molecular weight is 334 g/mol. The van der Waals surface area contributed by atoms with Gasteiger partial charge in [0.15, 0.2) is 0 Å². The molecule has 0 radical (unpaired) electrons. The first-order valence-electron chi connectivity index (χ1n) is 7.07. The van der Waals surface area contributed by atoms with Crippen LogP contribution in [0.2, 0.25) is 0 Å². The molecular formula is C16H20BrN3. The van der Waals surface area contributed by atoms with Crippen LogP contribution in [-0.2, 0) is 20.0 Å². The van der Waals surface area contributed by atoms with Gasteiger partial charge in [-0.2, -0.15) is 5.10 Å². The van der Waals surface area contributed by atoms with Gasteiger partial charge in [-0.3, -0.25) is 4.68 Å². The van der Waals surface area contributed by atoms with Gasteiger partial charge >= 0.3 is 0 Å². The van der Waals surface area contributed by atoms with Crippen LogP contribution in [0.5, 0.6) is 0 Å². The highest BCUT2D eigenvalue weighted by molar-refractivity contribution is 9.10. The highest BCUT2D eigenvalue weighted by atomic mass is 79.9. The Morgan fingerprint density at radius 3 is 2.90 bits per heavy atom. The lowest BCUT2D eigenvalue weighted by Crippen LogP contribution is -2.19. The van der Waals surface area contributed by atoms with Crippen molar-refractivity contribution in [3.63, 3.8) is 0 Å². The van der Waals surface area contributed by atoms with Crippen LogP contribution in [0.25, 0.3) is 0 Å². The molecule has 0 fully saturated rings. The predicted octanol–water partition coefficient (Wildman–Crippen LogP) is 3.58. The fourth-order valence-corrected chi connectivity index (χ4v) is 3.51. The van der Waals surface area contributed by atoms with Crippen LogP contribution in [0.4, 0.5) is 0 Å². The van der Waals surface area contributed by atoms with Crippen LogP contribution in [0.3, 0.4) is 0 Å². The molecule has 1 atom stereocenters. The Bertz CT molecular complexity index is 645. The van der Waals surface area contributed by atoms with E-state index in [9.17, 15) is 0 Å². The summed E-state index contributed by atoms with van der Waals surface area (Å²) >= 11 is 3.55. The average Bonchev–Trinajstić information content (AvgIpc) is 2.90. The van der Waals surface area contributed by atoms with E-state index in [1.807, 2.05) is 11.7 Å². The Labute approximate surface area is 128 Å². The number of benzene rings is 1. The summed E-state index contributed by atoms with van der Waals surface area (Å²) in [4.78, 5) is 0. The first-order chi connectivity index (χ1) is 9.56. The lowest BCUT2D eigenvalue weighted by Gasteiger charge is -2.14. The van der Waals surface area contributed by atoms with Crippen molar-refractivity contribution in [3.8, 4) is 0 Å². The molecule has 1 N–H and O–H groups in total. The normalized spacial score (nSPS) is 17.5. The van der Waals surface area contributed by atoms with E-state index >= 15 is 0 Å². The van der Waals surface area contributed by atoms with Crippen LogP contribution >= 0.6 is 15.9 Å². The van der Waals surface area contributed by atoms with Gasteiger partial charge in [0, 0.05) is 35.4 Å². The fourth-order valence-electron chi connectivity index (χ4n) is 3.10. The molecule has 0 bridgehead atoms. The summed E-state index contributed by atoms with van der Waals surface area (Å²) in [5.41, 5.74) is 6.64. The van der Waals surface area contributed by atoms with Gasteiger partial charge in [0.1, 0.15) is 0 Å². The van der Waals surface area contributed by atoms with Crippen LogP contribution in [0.1, 0.15) is 40.5 Å². The van der Waals surface area contributed by atoms with E-state index in [0.29, 0.717) is 6.04 Å². The second kappa shape index (κ2) is 5.34. The fraction of sp³-hybridized carbons (Fsp3) is 0.438. The van der Waals surface area contributed by atoms with E-state index in [2.05, 4.69) is 58.4 Å². The Morgan fingerprint density at radius 2 is 2.20 bits per heavy atom. The van der Waals surface area contributed by atoms with Gasteiger partial charge < -0.3 is 5.32 Å². The quantitative estimate of drug-likeness (QED) is 0.930. The number of aromatic nitrogens is 2. The summed E-state index contributed by atoms with van der Waals surface area (Å²) in [6, 6.07) is 7.10. The van der Waals surface area contributed by atoms with Crippen molar-refractivity contribution in [2.45, 2.75) is 39.3 Å². The number of fused-ring (bicyclic) bond motifs is 1. The zero-order chi connectivity index (χ0) is 14.3. The van der Waals surface area contributed by atoms with Crippen molar-refractivity contribution in [2.75, 3.05) is 0 Å². The van der Waals surface area contributed by atoms with Gasteiger partial charge in [0.2, 0.25) is 0 Å². The van der Waals surface area contributed by atoms with Gasteiger partial charge in [0.05, 0.1) is 5.69 Å². The molecule has 1 aliphatic rings. The molecule has 0 aliphatic heterocycles. The van der Waals surface area contributed by atoms with E-state index in [0.717, 1.165) is 18.7 Å². The van der Waals surface area contributed by atoms with Crippen molar-refractivity contribution in [2.24, 2.45) is 7.05 Å². The summed E-state index contributed by atoms with van der Waals surface area (Å²) in [5.74, 6) is 0. The molecule has 0 spiro atoms.